The zero-order valence-corrected chi connectivity index (χ0v) is 33.8. The van der Waals surface area contributed by atoms with Crippen molar-refractivity contribution in [2.75, 3.05) is 0 Å². The van der Waals surface area contributed by atoms with Crippen LogP contribution in [0.5, 0.6) is 0 Å². The van der Waals surface area contributed by atoms with Gasteiger partial charge in [-0.25, -0.2) is 0 Å². The molecule has 0 fully saturated rings. The zero-order chi connectivity index (χ0) is 42.1. The molecule has 0 unspecified atom stereocenters. The van der Waals surface area contributed by atoms with Crippen molar-refractivity contribution in [1.82, 2.24) is 0 Å². The molecule has 0 amide bonds. The van der Waals surface area contributed by atoms with Crippen LogP contribution >= 0.6 is 0 Å². The van der Waals surface area contributed by atoms with E-state index in [1.165, 1.54) is 48.5 Å². The fraction of sp³-hybridized carbons (Fsp3) is 0.0698. The van der Waals surface area contributed by atoms with Crippen molar-refractivity contribution in [2.24, 2.45) is 0 Å². The standard InChI is InChI=1S/C43H32O12S4/c44-56(45,46)34-13-16-38-27(4-2-6-29(38)22-34)19-32-9-8-31(40-18-15-36(24-42(32)40)58(50,51)52)21-33-10-7-30(39-17-14-37(25-43(33)39)59(53,54)55)20-28-5-1-3-26-11-12-35(23-41(26)28)57(47,48)49/h1-18,22-25H,19-21H2,(H,44,45,46)(H,47,48,49)(H,50,51,52)(H,53,54,55). The summed E-state index contributed by atoms with van der Waals surface area (Å²) in [5, 5.41) is 4.89. The minimum absolute atomic E-state index is 0.215. The molecule has 0 aliphatic heterocycles. The van der Waals surface area contributed by atoms with Crippen molar-refractivity contribution >= 4 is 83.6 Å². The monoisotopic (exact) mass is 868 g/mol. The SMILES string of the molecule is O=S(=O)(O)c1ccc2c(Cc3ccc(Cc4ccc(Cc5cccc6ccc(S(=O)(=O)O)cc56)c5ccc(S(=O)(=O)O)cc45)c4ccc(S(=O)(=O)O)cc34)cccc2c1. The Hall–Kier alpha value is -5.56. The lowest BCUT2D eigenvalue weighted by Gasteiger charge is -2.17. The number of benzene rings is 8. The van der Waals surface area contributed by atoms with Crippen LogP contribution in [0.15, 0.2) is 153 Å². The second-order valence-corrected chi connectivity index (χ2v) is 19.9. The van der Waals surface area contributed by atoms with Gasteiger partial charge in [-0.15, -0.1) is 0 Å². The highest BCUT2D eigenvalue weighted by atomic mass is 32.2. The Morgan fingerprint density at radius 2 is 0.610 bits per heavy atom. The quantitative estimate of drug-likeness (QED) is 0.0960. The molecule has 0 aliphatic rings. The van der Waals surface area contributed by atoms with Crippen LogP contribution in [0.25, 0.3) is 43.1 Å². The third-order valence-corrected chi connectivity index (χ3v) is 14.0. The van der Waals surface area contributed by atoms with E-state index in [1.54, 1.807) is 36.4 Å². The number of rotatable bonds is 10. The van der Waals surface area contributed by atoms with Gasteiger partial charge in [0.1, 0.15) is 0 Å². The molecule has 8 aromatic carbocycles. The van der Waals surface area contributed by atoms with Gasteiger partial charge < -0.3 is 0 Å². The van der Waals surface area contributed by atoms with E-state index in [2.05, 4.69) is 0 Å². The Labute approximate surface area is 339 Å². The van der Waals surface area contributed by atoms with Gasteiger partial charge in [0.2, 0.25) is 0 Å². The smallest absolute Gasteiger partial charge is 0.282 e. The van der Waals surface area contributed by atoms with Crippen LogP contribution in [0.4, 0.5) is 0 Å². The first-order valence-electron chi connectivity index (χ1n) is 17.8. The van der Waals surface area contributed by atoms with E-state index >= 15 is 0 Å². The highest BCUT2D eigenvalue weighted by Crippen LogP contribution is 2.35. The van der Waals surface area contributed by atoms with E-state index in [1.807, 2.05) is 48.5 Å². The maximum Gasteiger partial charge on any atom is 0.294 e. The van der Waals surface area contributed by atoms with Crippen LogP contribution < -0.4 is 0 Å². The summed E-state index contributed by atoms with van der Waals surface area (Å²) in [7, 11) is -18.2. The van der Waals surface area contributed by atoms with E-state index < -0.39 is 40.5 Å². The van der Waals surface area contributed by atoms with Crippen molar-refractivity contribution in [3.63, 3.8) is 0 Å². The molecule has 0 atom stereocenters. The van der Waals surface area contributed by atoms with Crippen LogP contribution in [-0.2, 0) is 59.7 Å². The summed E-state index contributed by atoms with van der Waals surface area (Å²) in [6.07, 6.45) is 0.769. The first-order chi connectivity index (χ1) is 27.7. The molecule has 0 aromatic heterocycles. The first kappa shape index (κ1) is 40.2. The van der Waals surface area contributed by atoms with Crippen molar-refractivity contribution in [2.45, 2.75) is 38.8 Å². The molecule has 8 rings (SSSR count). The van der Waals surface area contributed by atoms with Gasteiger partial charge in [-0.2, -0.15) is 33.7 Å². The average molecular weight is 869 g/mol. The minimum Gasteiger partial charge on any atom is -0.282 e. The molecule has 0 aliphatic carbocycles. The summed E-state index contributed by atoms with van der Waals surface area (Å²) < 4.78 is 136. The average Bonchev–Trinajstić information content (AvgIpc) is 3.17. The van der Waals surface area contributed by atoms with E-state index in [-0.39, 0.29) is 38.8 Å². The second-order valence-electron chi connectivity index (χ2n) is 14.2. The van der Waals surface area contributed by atoms with Gasteiger partial charge in [0.15, 0.2) is 0 Å². The third-order valence-electron chi connectivity index (χ3n) is 10.6. The molecule has 12 nitrogen and oxygen atoms in total. The van der Waals surface area contributed by atoms with Gasteiger partial charge in [-0.1, -0.05) is 84.9 Å². The number of hydrogen-bond acceptors (Lipinski definition) is 8. The molecule has 0 heterocycles. The van der Waals surface area contributed by atoms with E-state index in [0.29, 0.717) is 48.8 Å². The molecule has 300 valence electrons. The fourth-order valence-electron chi connectivity index (χ4n) is 7.73. The van der Waals surface area contributed by atoms with E-state index in [0.717, 1.165) is 27.6 Å². The maximum absolute atomic E-state index is 12.4. The van der Waals surface area contributed by atoms with Crippen LogP contribution in [-0.4, -0.2) is 51.9 Å². The summed E-state index contributed by atoms with van der Waals surface area (Å²) in [6.45, 7) is 0. The lowest BCUT2D eigenvalue weighted by Crippen LogP contribution is -2.02. The van der Waals surface area contributed by atoms with Crippen LogP contribution in [0.2, 0.25) is 0 Å². The number of hydrogen-bond donors (Lipinski definition) is 4. The fourth-order valence-corrected chi connectivity index (χ4v) is 9.76. The Balaban J connectivity index is 1.25. The predicted octanol–water partition coefficient (Wildman–Crippen LogP) is 8.06. The maximum atomic E-state index is 12.4. The molecular weight excluding hydrogens is 837 g/mol. The normalized spacial score (nSPS) is 12.8. The van der Waals surface area contributed by atoms with E-state index in [4.69, 9.17) is 0 Å². The summed E-state index contributed by atoms with van der Waals surface area (Å²) in [6, 6.07) is 35.2. The minimum atomic E-state index is -4.62. The van der Waals surface area contributed by atoms with E-state index in [9.17, 15) is 51.9 Å². The van der Waals surface area contributed by atoms with Crippen LogP contribution in [0.3, 0.4) is 0 Å². The van der Waals surface area contributed by atoms with Crippen molar-refractivity contribution in [3.8, 4) is 0 Å². The Morgan fingerprint density at radius 3 is 1.05 bits per heavy atom. The van der Waals surface area contributed by atoms with Gasteiger partial charge in [-0.3, -0.25) is 18.2 Å². The predicted molar refractivity (Wildman–Crippen MR) is 223 cm³/mol. The summed E-state index contributed by atoms with van der Waals surface area (Å²) in [5.74, 6) is 0. The zero-order valence-electron chi connectivity index (χ0n) is 30.5. The molecule has 0 spiro atoms. The summed E-state index contributed by atoms with van der Waals surface area (Å²) in [4.78, 5) is -1.18. The van der Waals surface area contributed by atoms with Crippen molar-refractivity contribution in [3.05, 3.63) is 167 Å². The summed E-state index contributed by atoms with van der Waals surface area (Å²) in [5.41, 5.74) is 4.34. The molecule has 0 radical (unpaired) electrons. The summed E-state index contributed by atoms with van der Waals surface area (Å²) >= 11 is 0. The Bertz CT molecular complexity index is 3530. The molecule has 0 saturated carbocycles. The lowest BCUT2D eigenvalue weighted by atomic mass is 9.88. The molecule has 59 heavy (non-hydrogen) atoms. The van der Waals surface area contributed by atoms with Crippen molar-refractivity contribution in [1.29, 1.82) is 0 Å². The molecular formula is C43H32O12S4. The second kappa shape index (κ2) is 14.6. The molecule has 0 bridgehead atoms. The van der Waals surface area contributed by atoms with Gasteiger partial charge in [0.05, 0.1) is 19.6 Å². The topological polar surface area (TPSA) is 217 Å². The largest absolute Gasteiger partial charge is 0.294 e. The molecule has 0 saturated heterocycles. The highest BCUT2D eigenvalue weighted by molar-refractivity contribution is 7.86. The number of fused-ring (bicyclic) bond motifs is 4. The van der Waals surface area contributed by atoms with Crippen LogP contribution in [0, 0.1) is 0 Å². The lowest BCUT2D eigenvalue weighted by molar-refractivity contribution is 0.481. The van der Waals surface area contributed by atoms with Gasteiger partial charge in [-0.05, 0) is 144 Å². The van der Waals surface area contributed by atoms with Gasteiger partial charge in [0.25, 0.3) is 40.5 Å². The third kappa shape index (κ3) is 8.09. The molecule has 4 N–H and O–H groups in total. The van der Waals surface area contributed by atoms with Crippen LogP contribution in [0.1, 0.15) is 33.4 Å². The Morgan fingerprint density at radius 1 is 0.288 bits per heavy atom. The Kier molecular flexibility index (Phi) is 9.97. The molecule has 8 aromatic rings. The van der Waals surface area contributed by atoms with Gasteiger partial charge >= 0.3 is 0 Å². The molecule has 16 heteroatoms. The van der Waals surface area contributed by atoms with Crippen molar-refractivity contribution < 1.29 is 51.9 Å². The first-order valence-corrected chi connectivity index (χ1v) is 23.5. The van der Waals surface area contributed by atoms with Gasteiger partial charge in [0, 0.05) is 0 Å². The highest BCUT2D eigenvalue weighted by Gasteiger charge is 2.19.